The van der Waals surface area contributed by atoms with Crippen LogP contribution in [-0.2, 0) is 5.41 Å². The molecule has 0 bridgehead atoms. The predicted octanol–water partition coefficient (Wildman–Crippen LogP) is 2.30. The lowest BCUT2D eigenvalue weighted by Crippen LogP contribution is -2.11. The molecule has 0 saturated heterocycles. The van der Waals surface area contributed by atoms with E-state index in [1.807, 2.05) is 0 Å². The van der Waals surface area contributed by atoms with E-state index in [9.17, 15) is 0 Å². The van der Waals surface area contributed by atoms with Gasteiger partial charge in [0, 0.05) is 10.8 Å². The van der Waals surface area contributed by atoms with Crippen LogP contribution in [0.15, 0.2) is 11.7 Å². The molecule has 2 aromatic heterocycles. The van der Waals surface area contributed by atoms with Crippen molar-refractivity contribution >= 4 is 22.4 Å². The van der Waals surface area contributed by atoms with Gasteiger partial charge in [-0.2, -0.15) is 10.1 Å². The largest absolute Gasteiger partial charge is 0.300 e. The average molecular weight is 223 g/mol. The maximum absolute atomic E-state index is 4.48. The highest BCUT2D eigenvalue weighted by Gasteiger charge is 2.17. The molecule has 0 unspecified atom stereocenters. The SMILES string of the molecule is CC(C)(C)c1csc(Nc2ncn[nH]2)n1. The van der Waals surface area contributed by atoms with Crippen molar-refractivity contribution in [2.24, 2.45) is 0 Å². The van der Waals surface area contributed by atoms with Gasteiger partial charge in [0.15, 0.2) is 5.13 Å². The smallest absolute Gasteiger partial charge is 0.224 e. The average Bonchev–Trinajstić information content (AvgIpc) is 2.73. The van der Waals surface area contributed by atoms with Crippen LogP contribution in [0.25, 0.3) is 0 Å². The molecule has 0 aliphatic rings. The molecule has 0 radical (unpaired) electrons. The molecule has 15 heavy (non-hydrogen) atoms. The zero-order valence-corrected chi connectivity index (χ0v) is 9.72. The molecule has 0 fully saturated rings. The summed E-state index contributed by atoms with van der Waals surface area (Å²) in [6.45, 7) is 6.42. The molecule has 2 aromatic rings. The molecule has 0 atom stereocenters. The van der Waals surface area contributed by atoms with Crippen LogP contribution in [0.5, 0.6) is 0 Å². The van der Waals surface area contributed by atoms with Gasteiger partial charge < -0.3 is 5.32 Å². The van der Waals surface area contributed by atoms with E-state index < -0.39 is 0 Å². The van der Waals surface area contributed by atoms with E-state index in [0.717, 1.165) is 10.8 Å². The van der Waals surface area contributed by atoms with E-state index in [0.29, 0.717) is 5.95 Å². The number of nitrogens with zero attached hydrogens (tertiary/aromatic N) is 3. The lowest BCUT2D eigenvalue weighted by atomic mass is 9.93. The molecule has 0 saturated carbocycles. The lowest BCUT2D eigenvalue weighted by molar-refractivity contribution is 0.573. The minimum atomic E-state index is 0.0812. The van der Waals surface area contributed by atoms with Crippen molar-refractivity contribution in [3.05, 3.63) is 17.4 Å². The van der Waals surface area contributed by atoms with Gasteiger partial charge in [-0.1, -0.05) is 20.8 Å². The Morgan fingerprint density at radius 2 is 2.20 bits per heavy atom. The van der Waals surface area contributed by atoms with Crippen LogP contribution in [-0.4, -0.2) is 20.2 Å². The second-order valence-electron chi connectivity index (χ2n) is 4.25. The molecule has 0 amide bonds. The van der Waals surface area contributed by atoms with Crippen LogP contribution < -0.4 is 5.32 Å². The second kappa shape index (κ2) is 3.62. The van der Waals surface area contributed by atoms with E-state index in [1.54, 1.807) is 11.3 Å². The molecule has 80 valence electrons. The standard InChI is InChI=1S/C9H13N5S/c1-9(2,3)6-4-15-8(12-6)13-7-10-5-11-14-7/h4-5H,1-3H3,(H2,10,11,12,13,14). The molecule has 0 aliphatic carbocycles. The minimum absolute atomic E-state index is 0.0812. The van der Waals surface area contributed by atoms with Gasteiger partial charge in [0.2, 0.25) is 5.95 Å². The van der Waals surface area contributed by atoms with Crippen molar-refractivity contribution in [2.75, 3.05) is 5.32 Å². The summed E-state index contributed by atoms with van der Waals surface area (Å²) >= 11 is 1.56. The molecular weight excluding hydrogens is 210 g/mol. The third kappa shape index (κ3) is 2.33. The monoisotopic (exact) mass is 223 g/mol. The van der Waals surface area contributed by atoms with Crippen molar-refractivity contribution < 1.29 is 0 Å². The van der Waals surface area contributed by atoms with Gasteiger partial charge >= 0.3 is 0 Å². The second-order valence-corrected chi connectivity index (χ2v) is 5.11. The number of thiazole rings is 1. The highest BCUT2D eigenvalue weighted by atomic mass is 32.1. The minimum Gasteiger partial charge on any atom is -0.300 e. The number of nitrogens with one attached hydrogen (secondary N) is 2. The first-order valence-corrected chi connectivity index (χ1v) is 5.52. The summed E-state index contributed by atoms with van der Waals surface area (Å²) in [5.74, 6) is 0.616. The predicted molar refractivity (Wildman–Crippen MR) is 60.5 cm³/mol. The molecule has 2 rings (SSSR count). The Balaban J connectivity index is 2.15. The molecule has 0 aromatic carbocycles. The first-order valence-electron chi connectivity index (χ1n) is 4.64. The summed E-state index contributed by atoms with van der Waals surface area (Å²) < 4.78 is 0. The van der Waals surface area contributed by atoms with Crippen LogP contribution in [0, 0.1) is 0 Å². The quantitative estimate of drug-likeness (QED) is 0.819. The summed E-state index contributed by atoms with van der Waals surface area (Å²) in [4.78, 5) is 8.45. The van der Waals surface area contributed by atoms with E-state index in [-0.39, 0.29) is 5.41 Å². The lowest BCUT2D eigenvalue weighted by Gasteiger charge is -2.14. The summed E-state index contributed by atoms with van der Waals surface area (Å²) in [5.41, 5.74) is 1.16. The molecule has 2 N–H and O–H groups in total. The Morgan fingerprint density at radius 3 is 2.73 bits per heavy atom. The topological polar surface area (TPSA) is 66.5 Å². The van der Waals surface area contributed by atoms with Crippen molar-refractivity contribution in [3.63, 3.8) is 0 Å². The fraction of sp³-hybridized carbons (Fsp3) is 0.444. The van der Waals surface area contributed by atoms with E-state index in [4.69, 9.17) is 0 Å². The van der Waals surface area contributed by atoms with Gasteiger partial charge in [0.05, 0.1) is 5.69 Å². The normalized spacial score (nSPS) is 11.7. The first kappa shape index (κ1) is 10.1. The highest BCUT2D eigenvalue weighted by Crippen LogP contribution is 2.27. The van der Waals surface area contributed by atoms with Crippen molar-refractivity contribution in [1.29, 1.82) is 0 Å². The molecular formula is C9H13N5S. The van der Waals surface area contributed by atoms with Crippen LogP contribution in [0.4, 0.5) is 11.1 Å². The Labute approximate surface area is 92.0 Å². The Bertz CT molecular complexity index is 426. The summed E-state index contributed by atoms with van der Waals surface area (Å²) in [6.07, 6.45) is 1.46. The summed E-state index contributed by atoms with van der Waals surface area (Å²) in [5, 5.41) is 12.4. The molecule has 2 heterocycles. The number of rotatable bonds is 2. The number of hydrogen-bond donors (Lipinski definition) is 2. The van der Waals surface area contributed by atoms with Gasteiger partial charge in [0.1, 0.15) is 6.33 Å². The number of aromatic nitrogens is 4. The summed E-state index contributed by atoms with van der Waals surface area (Å²) in [7, 11) is 0. The zero-order chi connectivity index (χ0) is 10.9. The number of aromatic amines is 1. The van der Waals surface area contributed by atoms with Gasteiger partial charge in [0.25, 0.3) is 0 Å². The maximum Gasteiger partial charge on any atom is 0.224 e. The molecule has 0 spiro atoms. The molecule has 6 heteroatoms. The van der Waals surface area contributed by atoms with Crippen LogP contribution in [0.1, 0.15) is 26.5 Å². The third-order valence-corrected chi connectivity index (χ3v) is 2.67. The van der Waals surface area contributed by atoms with Crippen LogP contribution in [0.3, 0.4) is 0 Å². The van der Waals surface area contributed by atoms with Crippen LogP contribution >= 0.6 is 11.3 Å². The highest BCUT2D eigenvalue weighted by molar-refractivity contribution is 7.13. The molecule has 0 aliphatic heterocycles. The number of H-pyrrole nitrogens is 1. The van der Waals surface area contributed by atoms with Crippen molar-refractivity contribution in [1.82, 2.24) is 20.2 Å². The summed E-state index contributed by atoms with van der Waals surface area (Å²) in [6, 6.07) is 0. The first-order chi connectivity index (χ1) is 7.05. The van der Waals surface area contributed by atoms with Crippen LogP contribution in [0.2, 0.25) is 0 Å². The van der Waals surface area contributed by atoms with Gasteiger partial charge in [-0.15, -0.1) is 11.3 Å². The Hall–Kier alpha value is -1.43. The third-order valence-electron chi connectivity index (χ3n) is 1.91. The van der Waals surface area contributed by atoms with Crippen molar-refractivity contribution in [3.8, 4) is 0 Å². The van der Waals surface area contributed by atoms with Gasteiger partial charge in [-0.3, -0.25) is 0 Å². The van der Waals surface area contributed by atoms with Gasteiger partial charge in [-0.25, -0.2) is 10.1 Å². The van der Waals surface area contributed by atoms with Crippen molar-refractivity contribution in [2.45, 2.75) is 26.2 Å². The van der Waals surface area contributed by atoms with E-state index in [1.165, 1.54) is 6.33 Å². The zero-order valence-electron chi connectivity index (χ0n) is 8.90. The Morgan fingerprint density at radius 1 is 1.40 bits per heavy atom. The fourth-order valence-corrected chi connectivity index (χ4v) is 1.98. The van der Waals surface area contributed by atoms with E-state index >= 15 is 0 Å². The van der Waals surface area contributed by atoms with Gasteiger partial charge in [-0.05, 0) is 0 Å². The maximum atomic E-state index is 4.48. The number of anilines is 2. The van der Waals surface area contributed by atoms with E-state index in [2.05, 4.69) is 51.6 Å². The fourth-order valence-electron chi connectivity index (χ4n) is 1.04. The molecule has 5 nitrogen and oxygen atoms in total. The Kier molecular flexibility index (Phi) is 2.44. The number of hydrogen-bond acceptors (Lipinski definition) is 5.